The zero-order valence-electron chi connectivity index (χ0n) is 10.1. The van der Waals surface area contributed by atoms with Crippen LogP contribution in [0.4, 0.5) is 0 Å². The molecule has 0 saturated heterocycles. The summed E-state index contributed by atoms with van der Waals surface area (Å²) in [4.78, 5) is 4.36. The van der Waals surface area contributed by atoms with Gasteiger partial charge in [0.25, 0.3) is 0 Å². The van der Waals surface area contributed by atoms with Crippen LogP contribution >= 0.6 is 11.3 Å². The van der Waals surface area contributed by atoms with Gasteiger partial charge in [0, 0.05) is 5.56 Å². The van der Waals surface area contributed by atoms with Crippen molar-refractivity contribution in [1.82, 2.24) is 4.98 Å². The van der Waals surface area contributed by atoms with Crippen LogP contribution in [0.3, 0.4) is 0 Å². The number of hydrogen-bond donors (Lipinski definition) is 1. The third-order valence-corrected chi connectivity index (χ3v) is 2.98. The summed E-state index contributed by atoms with van der Waals surface area (Å²) in [6, 6.07) is 3.76. The van der Waals surface area contributed by atoms with Crippen molar-refractivity contribution in [2.75, 3.05) is 7.11 Å². The van der Waals surface area contributed by atoms with Crippen molar-refractivity contribution < 1.29 is 9.84 Å². The lowest BCUT2D eigenvalue weighted by molar-refractivity contribution is 0.282. The molecule has 1 N–H and O–H groups in total. The van der Waals surface area contributed by atoms with Crippen LogP contribution < -0.4 is 4.74 Å². The van der Waals surface area contributed by atoms with E-state index in [2.05, 4.69) is 4.98 Å². The second kappa shape index (κ2) is 5.82. The summed E-state index contributed by atoms with van der Waals surface area (Å²) in [5, 5.41) is 10.2. The molecule has 0 bridgehead atoms. The predicted octanol–water partition coefficient (Wildman–Crippen LogP) is 3.13. The van der Waals surface area contributed by atoms with Gasteiger partial charge >= 0.3 is 0 Å². The maximum atomic E-state index is 9.17. The number of fused-ring (bicyclic) bond motifs is 1. The number of rotatable bonds is 2. The minimum absolute atomic E-state index is 0.00310. The second-order valence-electron chi connectivity index (χ2n) is 3.02. The Labute approximate surface area is 99.7 Å². The van der Waals surface area contributed by atoms with Crippen LogP contribution in [0.15, 0.2) is 12.1 Å². The smallest absolute Gasteiger partial charge is 0.120 e. The average Bonchev–Trinajstić information content (AvgIpc) is 2.70. The van der Waals surface area contributed by atoms with Gasteiger partial charge < -0.3 is 9.84 Å². The Morgan fingerprint density at radius 2 is 2.06 bits per heavy atom. The van der Waals surface area contributed by atoms with E-state index in [4.69, 9.17) is 4.74 Å². The van der Waals surface area contributed by atoms with E-state index in [0.29, 0.717) is 0 Å². The van der Waals surface area contributed by atoms with Crippen molar-refractivity contribution in [3.05, 3.63) is 22.7 Å². The van der Waals surface area contributed by atoms with E-state index in [1.165, 1.54) is 0 Å². The highest BCUT2D eigenvalue weighted by molar-refractivity contribution is 7.18. The molecule has 1 heterocycles. The normalized spacial score (nSPS) is 9.81. The molecule has 0 saturated carbocycles. The summed E-state index contributed by atoms with van der Waals surface area (Å²) in [7, 11) is 1.62. The van der Waals surface area contributed by atoms with Gasteiger partial charge in [-0.15, -0.1) is 11.3 Å². The molecule has 88 valence electrons. The Morgan fingerprint density at radius 1 is 1.38 bits per heavy atom. The number of thiazole rings is 1. The number of aliphatic hydroxyl groups excluding tert-OH is 1. The van der Waals surface area contributed by atoms with Crippen molar-refractivity contribution >= 4 is 21.6 Å². The van der Waals surface area contributed by atoms with Crippen molar-refractivity contribution in [1.29, 1.82) is 0 Å². The van der Waals surface area contributed by atoms with Crippen molar-refractivity contribution in [3.8, 4) is 5.75 Å². The third-order valence-electron chi connectivity index (χ3n) is 2.06. The van der Waals surface area contributed by atoms with Crippen LogP contribution in [0.2, 0.25) is 0 Å². The Morgan fingerprint density at radius 3 is 2.62 bits per heavy atom. The number of ether oxygens (including phenoxy) is 1. The molecule has 0 aliphatic carbocycles. The van der Waals surface area contributed by atoms with Crippen LogP contribution in [0.5, 0.6) is 5.75 Å². The molecule has 0 fully saturated rings. The fraction of sp³-hybridized carbons (Fsp3) is 0.417. The summed E-state index contributed by atoms with van der Waals surface area (Å²) >= 11 is 1.61. The van der Waals surface area contributed by atoms with Gasteiger partial charge in [-0.05, 0) is 19.1 Å². The van der Waals surface area contributed by atoms with E-state index in [0.717, 1.165) is 26.5 Å². The predicted molar refractivity (Wildman–Crippen MR) is 68.2 cm³/mol. The SMILES string of the molecule is CC.COc1cc(CO)c2nc(C)sc2c1. The molecule has 0 unspecified atom stereocenters. The van der Waals surface area contributed by atoms with E-state index in [1.807, 2.05) is 32.9 Å². The molecule has 0 amide bonds. The largest absolute Gasteiger partial charge is 0.497 e. The number of benzene rings is 1. The molecule has 1 aromatic heterocycles. The molecule has 3 nitrogen and oxygen atoms in total. The van der Waals surface area contributed by atoms with E-state index in [1.54, 1.807) is 18.4 Å². The molecule has 2 aromatic rings. The van der Waals surface area contributed by atoms with E-state index < -0.39 is 0 Å². The van der Waals surface area contributed by atoms with Gasteiger partial charge in [-0.2, -0.15) is 0 Å². The number of methoxy groups -OCH3 is 1. The topological polar surface area (TPSA) is 42.4 Å². The molecule has 0 radical (unpaired) electrons. The van der Waals surface area contributed by atoms with Crippen molar-refractivity contribution in [3.63, 3.8) is 0 Å². The Bertz CT molecular complexity index is 465. The highest BCUT2D eigenvalue weighted by Gasteiger charge is 2.07. The second-order valence-corrected chi connectivity index (χ2v) is 4.26. The summed E-state index contributed by atoms with van der Waals surface area (Å²) in [6.45, 7) is 5.95. The molecule has 0 aliphatic heterocycles. The van der Waals surface area contributed by atoms with Gasteiger partial charge in [-0.1, -0.05) is 13.8 Å². The molecular weight excluding hydrogens is 222 g/mol. The number of aromatic nitrogens is 1. The van der Waals surface area contributed by atoms with E-state index in [9.17, 15) is 5.11 Å². The molecule has 0 spiro atoms. The van der Waals surface area contributed by atoms with Crippen LogP contribution in [0, 0.1) is 6.92 Å². The summed E-state index contributed by atoms with van der Waals surface area (Å²) < 4.78 is 6.20. The number of hydrogen-bond acceptors (Lipinski definition) is 4. The first-order chi connectivity index (χ1) is 7.74. The van der Waals surface area contributed by atoms with Crippen LogP contribution in [0.1, 0.15) is 24.4 Å². The lowest BCUT2D eigenvalue weighted by atomic mass is 10.2. The Kier molecular flexibility index (Phi) is 4.71. The summed E-state index contributed by atoms with van der Waals surface area (Å²) in [6.07, 6.45) is 0. The summed E-state index contributed by atoms with van der Waals surface area (Å²) in [5.74, 6) is 0.769. The minimum Gasteiger partial charge on any atom is -0.497 e. The molecule has 0 aliphatic rings. The van der Waals surface area contributed by atoms with Gasteiger partial charge in [0.05, 0.1) is 28.9 Å². The van der Waals surface area contributed by atoms with Gasteiger partial charge in [0.1, 0.15) is 5.75 Å². The van der Waals surface area contributed by atoms with Gasteiger partial charge in [0.2, 0.25) is 0 Å². The Balaban J connectivity index is 0.000000606. The molecular formula is C12H17NO2S. The molecule has 2 rings (SSSR count). The Hall–Kier alpha value is -1.13. The zero-order valence-corrected chi connectivity index (χ0v) is 10.9. The highest BCUT2D eigenvalue weighted by Crippen LogP contribution is 2.29. The van der Waals surface area contributed by atoms with Gasteiger partial charge in [0.15, 0.2) is 0 Å². The first-order valence-electron chi connectivity index (χ1n) is 5.29. The zero-order chi connectivity index (χ0) is 12.1. The maximum Gasteiger partial charge on any atom is 0.120 e. The lowest BCUT2D eigenvalue weighted by Crippen LogP contribution is -1.89. The summed E-state index contributed by atoms with van der Waals surface area (Å²) in [5.41, 5.74) is 1.71. The van der Waals surface area contributed by atoms with Gasteiger partial charge in [-0.3, -0.25) is 0 Å². The molecule has 4 heteroatoms. The number of aliphatic hydroxyl groups is 1. The van der Waals surface area contributed by atoms with Crippen molar-refractivity contribution in [2.24, 2.45) is 0 Å². The van der Waals surface area contributed by atoms with Crippen LogP contribution in [-0.4, -0.2) is 17.2 Å². The van der Waals surface area contributed by atoms with Crippen LogP contribution in [-0.2, 0) is 6.61 Å². The highest BCUT2D eigenvalue weighted by atomic mass is 32.1. The lowest BCUT2D eigenvalue weighted by Gasteiger charge is -2.02. The number of nitrogens with zero attached hydrogens (tertiary/aromatic N) is 1. The van der Waals surface area contributed by atoms with Crippen LogP contribution in [0.25, 0.3) is 10.2 Å². The standard InChI is InChI=1S/C10H11NO2S.C2H6/c1-6-11-10-7(5-12)3-8(13-2)4-9(10)14-6;1-2/h3-4,12H,5H2,1-2H3;1-2H3. The average molecular weight is 239 g/mol. The first-order valence-corrected chi connectivity index (χ1v) is 6.11. The fourth-order valence-electron chi connectivity index (χ4n) is 1.42. The van der Waals surface area contributed by atoms with Crippen molar-refractivity contribution in [2.45, 2.75) is 27.4 Å². The molecule has 0 atom stereocenters. The van der Waals surface area contributed by atoms with E-state index in [-0.39, 0.29) is 6.61 Å². The third kappa shape index (κ3) is 2.51. The fourth-order valence-corrected chi connectivity index (χ4v) is 2.32. The minimum atomic E-state index is -0.00310. The molecule has 1 aromatic carbocycles. The first kappa shape index (κ1) is 12.9. The molecule has 16 heavy (non-hydrogen) atoms. The van der Waals surface area contributed by atoms with E-state index >= 15 is 0 Å². The monoisotopic (exact) mass is 239 g/mol. The maximum absolute atomic E-state index is 9.17. The van der Waals surface area contributed by atoms with Gasteiger partial charge in [-0.25, -0.2) is 4.98 Å². The quantitative estimate of drug-likeness (QED) is 0.875. The number of aryl methyl sites for hydroxylation is 1.